The maximum Gasteiger partial charge on any atom is 0.241 e. The Bertz CT molecular complexity index is 979. The first-order valence-electron chi connectivity index (χ1n) is 9.73. The van der Waals surface area contributed by atoms with Crippen LogP contribution in [0.5, 0.6) is 0 Å². The first kappa shape index (κ1) is 18.4. The van der Waals surface area contributed by atoms with Crippen LogP contribution in [-0.4, -0.2) is 39.7 Å². The lowest BCUT2D eigenvalue weighted by Crippen LogP contribution is -2.54. The summed E-state index contributed by atoms with van der Waals surface area (Å²) in [4.78, 5) is 16.9. The number of hydrogen-bond donors (Lipinski definition) is 0. The Morgan fingerprint density at radius 1 is 1.00 bits per heavy atom. The molecule has 1 fully saturated rings. The van der Waals surface area contributed by atoms with E-state index in [1.54, 1.807) is 0 Å². The third kappa shape index (κ3) is 3.71. The first-order chi connectivity index (χ1) is 13.5. The highest BCUT2D eigenvalue weighted by Gasteiger charge is 2.30. The monoisotopic (exact) mass is 374 g/mol. The second-order valence-electron chi connectivity index (χ2n) is 7.60. The number of piperazine rings is 1. The Morgan fingerprint density at radius 3 is 2.46 bits per heavy atom. The molecule has 3 aromatic rings. The summed E-state index contributed by atoms with van der Waals surface area (Å²) in [5.41, 5.74) is 5.36. The Morgan fingerprint density at radius 2 is 1.75 bits per heavy atom. The van der Waals surface area contributed by atoms with Gasteiger partial charge in [-0.15, -0.1) is 0 Å². The fourth-order valence-electron chi connectivity index (χ4n) is 3.88. The molecule has 2 heterocycles. The first-order valence-corrected chi connectivity index (χ1v) is 9.73. The van der Waals surface area contributed by atoms with Gasteiger partial charge in [0.15, 0.2) is 0 Å². The van der Waals surface area contributed by atoms with Gasteiger partial charge in [-0.1, -0.05) is 30.3 Å². The molecule has 1 saturated heterocycles. The normalized spacial score (nSPS) is 17.9. The van der Waals surface area contributed by atoms with E-state index in [1.165, 1.54) is 5.56 Å². The lowest BCUT2D eigenvalue weighted by atomic mass is 10.1. The molecule has 144 valence electrons. The SMILES string of the molecule is Cc1cc(C)n(-c2cccc(CN3CC(=O)N(c4ccccc4)C[C@H]3C)c2)n1. The van der Waals surface area contributed by atoms with E-state index in [1.807, 2.05) is 46.8 Å². The lowest BCUT2D eigenvalue weighted by molar-refractivity contribution is -0.122. The van der Waals surface area contributed by atoms with E-state index in [4.69, 9.17) is 0 Å². The van der Waals surface area contributed by atoms with Gasteiger partial charge in [-0.05, 0) is 56.7 Å². The van der Waals surface area contributed by atoms with Gasteiger partial charge in [-0.2, -0.15) is 5.10 Å². The van der Waals surface area contributed by atoms with Gasteiger partial charge in [-0.3, -0.25) is 9.69 Å². The van der Waals surface area contributed by atoms with Gasteiger partial charge in [0.2, 0.25) is 5.91 Å². The molecule has 1 amide bonds. The van der Waals surface area contributed by atoms with Crippen molar-refractivity contribution < 1.29 is 4.79 Å². The standard InChI is InChI=1S/C23H26N4O/c1-17-12-18(2)27(24-17)22-11-7-8-20(13-22)15-25-16-23(28)26(14-19(25)3)21-9-5-4-6-10-21/h4-13,19H,14-16H2,1-3H3/t19-/m1/s1. The van der Waals surface area contributed by atoms with Gasteiger partial charge in [0, 0.05) is 30.5 Å². The van der Waals surface area contributed by atoms with Gasteiger partial charge in [-0.25, -0.2) is 4.68 Å². The average molecular weight is 374 g/mol. The number of carbonyl (C=O) groups excluding carboxylic acids is 1. The molecule has 1 aliphatic rings. The number of nitrogens with zero attached hydrogens (tertiary/aromatic N) is 4. The van der Waals surface area contributed by atoms with Crippen molar-refractivity contribution in [3.8, 4) is 5.69 Å². The summed E-state index contributed by atoms with van der Waals surface area (Å²) in [6, 6.07) is 20.7. The second-order valence-corrected chi connectivity index (χ2v) is 7.60. The zero-order valence-corrected chi connectivity index (χ0v) is 16.7. The molecule has 1 aromatic heterocycles. The minimum Gasteiger partial charge on any atom is -0.310 e. The lowest BCUT2D eigenvalue weighted by Gasteiger charge is -2.39. The number of benzene rings is 2. The number of aryl methyl sites for hydroxylation is 2. The van der Waals surface area contributed by atoms with E-state index in [9.17, 15) is 4.79 Å². The molecule has 0 spiro atoms. The van der Waals surface area contributed by atoms with Gasteiger partial charge in [0.05, 0.1) is 17.9 Å². The van der Waals surface area contributed by atoms with Crippen molar-refractivity contribution in [3.63, 3.8) is 0 Å². The molecule has 0 unspecified atom stereocenters. The number of hydrogen-bond acceptors (Lipinski definition) is 3. The molecule has 2 aromatic carbocycles. The summed E-state index contributed by atoms with van der Waals surface area (Å²) in [5.74, 6) is 0.152. The zero-order chi connectivity index (χ0) is 19.7. The van der Waals surface area contributed by atoms with Crippen LogP contribution in [0.4, 0.5) is 5.69 Å². The topological polar surface area (TPSA) is 41.4 Å². The highest BCUT2D eigenvalue weighted by Crippen LogP contribution is 2.22. The molecular weight excluding hydrogens is 348 g/mol. The van der Waals surface area contributed by atoms with Crippen molar-refractivity contribution in [2.45, 2.75) is 33.4 Å². The second kappa shape index (κ2) is 7.60. The third-order valence-electron chi connectivity index (χ3n) is 5.33. The van der Waals surface area contributed by atoms with Crippen LogP contribution in [-0.2, 0) is 11.3 Å². The van der Waals surface area contributed by atoms with Crippen molar-refractivity contribution in [1.82, 2.24) is 14.7 Å². The minimum atomic E-state index is 0.152. The highest BCUT2D eigenvalue weighted by atomic mass is 16.2. The van der Waals surface area contributed by atoms with E-state index in [-0.39, 0.29) is 11.9 Å². The van der Waals surface area contributed by atoms with E-state index in [2.05, 4.69) is 54.2 Å². The molecule has 0 bridgehead atoms. The minimum absolute atomic E-state index is 0.152. The van der Waals surface area contributed by atoms with E-state index in [0.717, 1.165) is 29.3 Å². The number of rotatable bonds is 4. The summed E-state index contributed by atoms with van der Waals surface area (Å²) < 4.78 is 1.97. The molecule has 4 rings (SSSR count). The fraction of sp³-hybridized carbons (Fsp3) is 0.304. The molecular formula is C23H26N4O. The van der Waals surface area contributed by atoms with Gasteiger partial charge < -0.3 is 4.90 Å². The molecule has 0 aliphatic carbocycles. The fourth-order valence-corrected chi connectivity index (χ4v) is 3.88. The Labute approximate surface area is 166 Å². The number of anilines is 1. The number of carbonyl (C=O) groups is 1. The van der Waals surface area contributed by atoms with Crippen LogP contribution in [0, 0.1) is 13.8 Å². The molecule has 5 heteroatoms. The highest BCUT2D eigenvalue weighted by molar-refractivity contribution is 5.95. The number of aromatic nitrogens is 2. The maximum atomic E-state index is 12.7. The predicted molar refractivity (Wildman–Crippen MR) is 112 cm³/mol. The number of para-hydroxylation sites is 1. The Hall–Kier alpha value is -2.92. The van der Waals surface area contributed by atoms with Crippen molar-refractivity contribution in [2.75, 3.05) is 18.0 Å². The van der Waals surface area contributed by atoms with Crippen LogP contribution in [0.3, 0.4) is 0 Å². The van der Waals surface area contributed by atoms with Crippen molar-refractivity contribution in [2.24, 2.45) is 0 Å². The maximum absolute atomic E-state index is 12.7. The Balaban J connectivity index is 1.50. The van der Waals surface area contributed by atoms with Crippen LogP contribution < -0.4 is 4.90 Å². The van der Waals surface area contributed by atoms with Crippen LogP contribution >= 0.6 is 0 Å². The van der Waals surface area contributed by atoms with E-state index in [0.29, 0.717) is 13.1 Å². The van der Waals surface area contributed by atoms with Crippen LogP contribution in [0.15, 0.2) is 60.7 Å². The van der Waals surface area contributed by atoms with Gasteiger partial charge in [0.1, 0.15) is 0 Å². The van der Waals surface area contributed by atoms with E-state index >= 15 is 0 Å². The predicted octanol–water partition coefficient (Wildman–Crippen LogP) is 3.73. The molecule has 5 nitrogen and oxygen atoms in total. The molecule has 0 N–H and O–H groups in total. The Kier molecular flexibility index (Phi) is 5.01. The molecule has 28 heavy (non-hydrogen) atoms. The average Bonchev–Trinajstić information content (AvgIpc) is 3.03. The van der Waals surface area contributed by atoms with Crippen molar-refractivity contribution in [3.05, 3.63) is 77.6 Å². The van der Waals surface area contributed by atoms with Crippen LogP contribution in [0.1, 0.15) is 23.9 Å². The van der Waals surface area contributed by atoms with Gasteiger partial charge in [0.25, 0.3) is 0 Å². The summed E-state index contributed by atoms with van der Waals surface area (Å²) in [6.45, 7) is 8.15. The summed E-state index contributed by atoms with van der Waals surface area (Å²) in [7, 11) is 0. The molecule has 1 atom stereocenters. The quantitative estimate of drug-likeness (QED) is 0.699. The van der Waals surface area contributed by atoms with Crippen molar-refractivity contribution >= 4 is 11.6 Å². The molecule has 1 aliphatic heterocycles. The van der Waals surface area contributed by atoms with Crippen LogP contribution in [0.2, 0.25) is 0 Å². The largest absolute Gasteiger partial charge is 0.310 e. The van der Waals surface area contributed by atoms with Crippen molar-refractivity contribution in [1.29, 1.82) is 0 Å². The number of amides is 1. The smallest absolute Gasteiger partial charge is 0.241 e. The summed E-state index contributed by atoms with van der Waals surface area (Å²) >= 11 is 0. The summed E-state index contributed by atoms with van der Waals surface area (Å²) in [5, 5.41) is 4.58. The molecule has 0 saturated carbocycles. The third-order valence-corrected chi connectivity index (χ3v) is 5.33. The van der Waals surface area contributed by atoms with Gasteiger partial charge >= 0.3 is 0 Å². The molecule has 0 radical (unpaired) electrons. The zero-order valence-electron chi connectivity index (χ0n) is 16.7. The summed E-state index contributed by atoms with van der Waals surface area (Å²) in [6.07, 6.45) is 0. The van der Waals surface area contributed by atoms with Crippen LogP contribution in [0.25, 0.3) is 5.69 Å². The van der Waals surface area contributed by atoms with E-state index < -0.39 is 0 Å².